The number of aromatic nitrogens is 4. The summed E-state index contributed by atoms with van der Waals surface area (Å²) in [5, 5.41) is 5.53. The Labute approximate surface area is 251 Å². The molecular weight excluding hydrogens is 546 g/mol. The highest BCUT2D eigenvalue weighted by Crippen LogP contribution is 2.37. The average Bonchev–Trinajstić information content (AvgIpc) is 3.64. The maximum absolute atomic E-state index is 13.7. The zero-order valence-electron chi connectivity index (χ0n) is 25.9. The number of methoxy groups -OCH3 is 1. The smallest absolute Gasteiger partial charge is 0.407 e. The van der Waals surface area contributed by atoms with Crippen LogP contribution in [0.5, 0.6) is 5.88 Å². The van der Waals surface area contributed by atoms with E-state index in [1.165, 1.54) is 17.9 Å². The summed E-state index contributed by atoms with van der Waals surface area (Å²) in [6, 6.07) is 9.72. The number of rotatable bonds is 7. The van der Waals surface area contributed by atoms with Crippen LogP contribution >= 0.6 is 0 Å². The molecule has 4 aromatic heterocycles. The van der Waals surface area contributed by atoms with Crippen molar-refractivity contribution < 1.29 is 19.1 Å². The van der Waals surface area contributed by atoms with Gasteiger partial charge in [-0.3, -0.25) is 14.2 Å². The number of nitrogens with one attached hydrogen (secondary N) is 2. The first kappa shape index (κ1) is 29.0. The summed E-state index contributed by atoms with van der Waals surface area (Å²) < 4.78 is 15.5. The van der Waals surface area contributed by atoms with Gasteiger partial charge in [0.25, 0.3) is 5.91 Å². The van der Waals surface area contributed by atoms with Crippen LogP contribution in [0.4, 0.5) is 4.79 Å². The summed E-state index contributed by atoms with van der Waals surface area (Å²) in [6.07, 6.45) is 3.53. The van der Waals surface area contributed by atoms with Crippen LogP contribution in [0.25, 0.3) is 28.1 Å². The van der Waals surface area contributed by atoms with Crippen LogP contribution in [0.2, 0.25) is 0 Å². The van der Waals surface area contributed by atoms with E-state index in [0.717, 1.165) is 46.8 Å². The third kappa shape index (κ3) is 5.90. The van der Waals surface area contributed by atoms with Gasteiger partial charge < -0.3 is 19.4 Å². The van der Waals surface area contributed by atoms with Gasteiger partial charge in [-0.2, -0.15) is 0 Å². The minimum atomic E-state index is -0.596. The van der Waals surface area contributed by atoms with Crippen molar-refractivity contribution in [3.05, 3.63) is 47.3 Å². The molecule has 0 radical (unpaired) electrons. The number of hydrazine groups is 1. The number of hydrogen-bond donors (Lipinski definition) is 2. The molecule has 2 N–H and O–H groups in total. The lowest BCUT2D eigenvalue weighted by Gasteiger charge is -2.34. The number of carbonyl (C=O) groups is 2. The minimum absolute atomic E-state index is 0.224. The standard InChI is InChI=1S/C32H41N7O4/c1-7-23-11-10-21-14-25(37(29(21)34-23)17-20-8-9-20)28-19(2)39-26(36-28)15-22(16-27(39)42-6)30(40)38-18-24(12-13-33-38)35-31(41)43-32(3,4)5/h10-11,14-16,20,24,33H,7-9,12-13,17-18H2,1-6H3,(H,35,41). The predicted molar refractivity (Wildman–Crippen MR) is 164 cm³/mol. The zero-order valence-corrected chi connectivity index (χ0v) is 25.9. The van der Waals surface area contributed by atoms with Crippen LogP contribution in [-0.4, -0.2) is 67.8 Å². The van der Waals surface area contributed by atoms with Gasteiger partial charge in [-0.05, 0) is 83.6 Å². The van der Waals surface area contributed by atoms with E-state index < -0.39 is 11.7 Å². The first-order valence-corrected chi connectivity index (χ1v) is 15.2. The summed E-state index contributed by atoms with van der Waals surface area (Å²) in [7, 11) is 1.60. The Morgan fingerprint density at radius 2 is 1.91 bits per heavy atom. The van der Waals surface area contributed by atoms with Crippen molar-refractivity contribution in [1.82, 2.24) is 34.7 Å². The van der Waals surface area contributed by atoms with Crippen LogP contribution in [0.1, 0.15) is 68.7 Å². The largest absolute Gasteiger partial charge is 0.482 e. The van der Waals surface area contributed by atoms with Crippen molar-refractivity contribution in [2.45, 2.75) is 78.5 Å². The molecule has 6 rings (SSSR count). The average molecular weight is 588 g/mol. The Morgan fingerprint density at radius 1 is 1.12 bits per heavy atom. The van der Waals surface area contributed by atoms with Crippen molar-refractivity contribution in [3.63, 3.8) is 0 Å². The molecule has 2 fully saturated rings. The summed E-state index contributed by atoms with van der Waals surface area (Å²) in [4.78, 5) is 36.1. The van der Waals surface area contributed by atoms with Crippen molar-refractivity contribution in [2.75, 3.05) is 20.2 Å². The van der Waals surface area contributed by atoms with Gasteiger partial charge in [-0.1, -0.05) is 6.92 Å². The Hall–Kier alpha value is -4.12. The van der Waals surface area contributed by atoms with E-state index in [0.29, 0.717) is 42.5 Å². The lowest BCUT2D eigenvalue weighted by Crippen LogP contribution is -2.57. The number of aryl methyl sites for hydroxylation is 2. The highest BCUT2D eigenvalue weighted by molar-refractivity contribution is 5.95. The fourth-order valence-electron chi connectivity index (χ4n) is 5.75. The Morgan fingerprint density at radius 3 is 2.60 bits per heavy atom. The number of alkyl carbamates (subject to hydrolysis) is 1. The molecule has 228 valence electrons. The van der Waals surface area contributed by atoms with E-state index in [1.807, 2.05) is 32.1 Å². The van der Waals surface area contributed by atoms with Crippen LogP contribution in [-0.2, 0) is 17.7 Å². The first-order valence-electron chi connectivity index (χ1n) is 15.2. The Kier molecular flexibility index (Phi) is 7.53. The van der Waals surface area contributed by atoms with E-state index in [2.05, 4.69) is 40.4 Å². The lowest BCUT2D eigenvalue weighted by molar-refractivity contribution is 0.0404. The molecular formula is C32H41N7O4. The number of carbonyl (C=O) groups excluding carboxylic acids is 2. The maximum Gasteiger partial charge on any atom is 0.407 e. The first-order chi connectivity index (χ1) is 20.5. The molecule has 5 heterocycles. The quantitative estimate of drug-likeness (QED) is 0.317. The molecule has 0 bridgehead atoms. The number of fused-ring (bicyclic) bond motifs is 2. The van der Waals surface area contributed by atoms with Crippen LogP contribution < -0.4 is 15.5 Å². The lowest BCUT2D eigenvalue weighted by atomic mass is 10.1. The topological polar surface area (TPSA) is 115 Å². The van der Waals surface area contributed by atoms with Crippen molar-refractivity contribution >= 4 is 28.7 Å². The summed E-state index contributed by atoms with van der Waals surface area (Å²) >= 11 is 0. The van der Waals surface area contributed by atoms with E-state index in [-0.39, 0.29) is 11.9 Å². The number of ether oxygens (including phenoxy) is 2. The molecule has 1 unspecified atom stereocenters. The van der Waals surface area contributed by atoms with E-state index >= 15 is 0 Å². The third-order valence-corrected chi connectivity index (χ3v) is 8.08. The molecule has 11 nitrogen and oxygen atoms in total. The minimum Gasteiger partial charge on any atom is -0.482 e. The normalized spacial score (nSPS) is 17.4. The second-order valence-electron chi connectivity index (χ2n) is 12.6. The second-order valence-corrected chi connectivity index (χ2v) is 12.6. The van der Waals surface area contributed by atoms with Gasteiger partial charge in [-0.25, -0.2) is 20.2 Å². The molecule has 1 aliphatic carbocycles. The fraction of sp³-hybridized carbons (Fsp3) is 0.500. The van der Waals surface area contributed by atoms with E-state index in [9.17, 15) is 9.59 Å². The molecule has 1 saturated carbocycles. The Balaban J connectivity index is 1.33. The molecule has 2 amide bonds. The SMILES string of the molecule is CCc1ccc2cc(-c3nc4cc(C(=O)N5CC(NC(=O)OC(C)(C)C)CCN5)cc(OC)n4c3C)n(CC3CC3)c2n1. The summed E-state index contributed by atoms with van der Waals surface area (Å²) in [6.45, 7) is 11.4. The van der Waals surface area contributed by atoms with Gasteiger partial charge in [0.15, 0.2) is 5.88 Å². The number of hydrogen-bond acceptors (Lipinski definition) is 7. The van der Waals surface area contributed by atoms with Crippen molar-refractivity contribution in [3.8, 4) is 17.3 Å². The molecule has 1 atom stereocenters. The zero-order chi connectivity index (χ0) is 30.5. The molecule has 2 aliphatic rings. The van der Waals surface area contributed by atoms with Gasteiger partial charge in [0.05, 0.1) is 31.1 Å². The van der Waals surface area contributed by atoms with Gasteiger partial charge in [-0.15, -0.1) is 0 Å². The number of amides is 2. The van der Waals surface area contributed by atoms with Gasteiger partial charge in [0.1, 0.15) is 22.6 Å². The van der Waals surface area contributed by atoms with Crippen molar-refractivity contribution in [1.29, 1.82) is 0 Å². The van der Waals surface area contributed by atoms with Crippen molar-refractivity contribution in [2.24, 2.45) is 5.92 Å². The number of imidazole rings is 1. The second kappa shape index (κ2) is 11.2. The highest BCUT2D eigenvalue weighted by atomic mass is 16.6. The van der Waals surface area contributed by atoms with Crippen LogP contribution in [0.3, 0.4) is 0 Å². The van der Waals surface area contributed by atoms with Gasteiger partial charge in [0, 0.05) is 35.8 Å². The van der Waals surface area contributed by atoms with E-state index in [1.54, 1.807) is 19.2 Å². The molecule has 4 aromatic rings. The van der Waals surface area contributed by atoms with Gasteiger partial charge >= 0.3 is 6.09 Å². The molecule has 1 aliphatic heterocycles. The summed E-state index contributed by atoms with van der Waals surface area (Å²) in [5.74, 6) is 0.954. The highest BCUT2D eigenvalue weighted by Gasteiger charge is 2.30. The number of pyridine rings is 2. The molecule has 0 aromatic carbocycles. The van der Waals surface area contributed by atoms with Crippen LogP contribution in [0, 0.1) is 12.8 Å². The Bertz CT molecular complexity index is 1700. The monoisotopic (exact) mass is 587 g/mol. The predicted octanol–water partition coefficient (Wildman–Crippen LogP) is 4.88. The summed E-state index contributed by atoms with van der Waals surface area (Å²) in [5.41, 5.74) is 8.50. The third-order valence-electron chi connectivity index (χ3n) is 8.08. The number of nitrogens with zero attached hydrogens (tertiary/aromatic N) is 5. The van der Waals surface area contributed by atoms with E-state index in [4.69, 9.17) is 19.4 Å². The molecule has 43 heavy (non-hydrogen) atoms. The maximum atomic E-state index is 13.7. The van der Waals surface area contributed by atoms with Crippen LogP contribution in [0.15, 0.2) is 30.3 Å². The molecule has 11 heteroatoms. The molecule has 0 spiro atoms. The van der Waals surface area contributed by atoms with Gasteiger partial charge in [0.2, 0.25) is 0 Å². The molecule has 1 saturated heterocycles. The fourth-order valence-corrected chi connectivity index (χ4v) is 5.75.